The minimum absolute atomic E-state index is 0.643. The lowest BCUT2D eigenvalue weighted by molar-refractivity contribution is 0.139. The molecule has 2 N–H and O–H groups in total. The summed E-state index contributed by atoms with van der Waals surface area (Å²) in [6, 6.07) is 2.59. The molecule has 1 aromatic rings. The Hall–Kier alpha value is -1.16. The van der Waals surface area contributed by atoms with Gasteiger partial charge in [-0.05, 0) is 51.6 Å². The van der Waals surface area contributed by atoms with E-state index in [0.29, 0.717) is 17.6 Å². The number of nitrogens with two attached hydrogens (primary N) is 1. The second kappa shape index (κ2) is 5.45. The molecule has 1 fully saturated rings. The van der Waals surface area contributed by atoms with Gasteiger partial charge < -0.3 is 10.6 Å². The Morgan fingerprint density at radius 3 is 3.06 bits per heavy atom. The van der Waals surface area contributed by atoms with E-state index in [9.17, 15) is 0 Å². The molecule has 2 rings (SSSR count). The molecule has 1 aliphatic rings. The predicted octanol–water partition coefficient (Wildman–Crippen LogP) is 1.72. The molecule has 0 aliphatic carbocycles. The molecule has 2 heterocycles. The number of piperidine rings is 1. The summed E-state index contributed by atoms with van der Waals surface area (Å²) in [7, 11) is 0. The standard InChI is InChI=1S/C13H22N4/c1-10(2)17-5-3-4-11(9-17)6-13-7-12(14)8-15-16-13/h7-8,10-11H,3-6,9H2,1-2H3,(H2,14,16). The molecule has 1 unspecified atom stereocenters. The first-order valence-electron chi connectivity index (χ1n) is 6.46. The van der Waals surface area contributed by atoms with Crippen molar-refractivity contribution in [2.75, 3.05) is 18.8 Å². The van der Waals surface area contributed by atoms with E-state index in [1.807, 2.05) is 6.07 Å². The molecule has 0 spiro atoms. The highest BCUT2D eigenvalue weighted by molar-refractivity contribution is 5.34. The van der Waals surface area contributed by atoms with Crippen LogP contribution in [0.15, 0.2) is 12.3 Å². The van der Waals surface area contributed by atoms with E-state index in [4.69, 9.17) is 5.73 Å². The number of likely N-dealkylation sites (tertiary alicyclic amines) is 1. The zero-order chi connectivity index (χ0) is 12.3. The van der Waals surface area contributed by atoms with Crippen molar-refractivity contribution < 1.29 is 0 Å². The lowest BCUT2D eigenvalue weighted by Crippen LogP contribution is -2.40. The van der Waals surface area contributed by atoms with Gasteiger partial charge in [-0.15, -0.1) is 0 Å². The van der Waals surface area contributed by atoms with Gasteiger partial charge in [-0.25, -0.2) is 0 Å². The van der Waals surface area contributed by atoms with Crippen molar-refractivity contribution in [2.45, 2.75) is 39.2 Å². The maximum absolute atomic E-state index is 5.73. The molecular formula is C13H22N4. The summed E-state index contributed by atoms with van der Waals surface area (Å²) in [4.78, 5) is 2.55. The Balaban J connectivity index is 1.94. The lowest BCUT2D eigenvalue weighted by Gasteiger charge is -2.35. The molecule has 1 aliphatic heterocycles. The van der Waals surface area contributed by atoms with E-state index >= 15 is 0 Å². The van der Waals surface area contributed by atoms with Crippen LogP contribution in [0.25, 0.3) is 0 Å². The van der Waals surface area contributed by atoms with Crippen LogP contribution in [0.1, 0.15) is 32.4 Å². The predicted molar refractivity (Wildman–Crippen MR) is 69.6 cm³/mol. The third-order valence-electron chi connectivity index (χ3n) is 3.50. The molecule has 0 aromatic carbocycles. The fourth-order valence-electron chi connectivity index (χ4n) is 2.56. The van der Waals surface area contributed by atoms with Crippen LogP contribution in [0.5, 0.6) is 0 Å². The zero-order valence-corrected chi connectivity index (χ0v) is 10.8. The van der Waals surface area contributed by atoms with Crippen molar-refractivity contribution in [3.63, 3.8) is 0 Å². The second-order valence-electron chi connectivity index (χ2n) is 5.28. The Morgan fingerprint density at radius 1 is 1.53 bits per heavy atom. The van der Waals surface area contributed by atoms with Gasteiger partial charge in [0.1, 0.15) is 0 Å². The van der Waals surface area contributed by atoms with Crippen molar-refractivity contribution in [3.8, 4) is 0 Å². The number of nitrogen functional groups attached to an aromatic ring is 1. The Morgan fingerprint density at radius 2 is 2.35 bits per heavy atom. The van der Waals surface area contributed by atoms with Gasteiger partial charge in [0.2, 0.25) is 0 Å². The summed E-state index contributed by atoms with van der Waals surface area (Å²) >= 11 is 0. The number of anilines is 1. The third-order valence-corrected chi connectivity index (χ3v) is 3.50. The fraction of sp³-hybridized carbons (Fsp3) is 0.692. The van der Waals surface area contributed by atoms with Gasteiger partial charge in [-0.3, -0.25) is 0 Å². The normalized spacial score (nSPS) is 21.9. The van der Waals surface area contributed by atoms with Gasteiger partial charge in [-0.1, -0.05) is 0 Å². The van der Waals surface area contributed by atoms with Gasteiger partial charge in [0.25, 0.3) is 0 Å². The van der Waals surface area contributed by atoms with Crippen molar-refractivity contribution in [3.05, 3.63) is 18.0 Å². The number of hydrogen-bond acceptors (Lipinski definition) is 4. The highest BCUT2D eigenvalue weighted by atomic mass is 15.2. The summed E-state index contributed by atoms with van der Waals surface area (Å²) < 4.78 is 0. The molecule has 0 saturated carbocycles. The number of hydrogen-bond donors (Lipinski definition) is 1. The molecule has 94 valence electrons. The van der Waals surface area contributed by atoms with E-state index in [1.165, 1.54) is 25.9 Å². The van der Waals surface area contributed by atoms with E-state index < -0.39 is 0 Å². The summed E-state index contributed by atoms with van der Waals surface area (Å²) in [6.07, 6.45) is 5.18. The molecule has 1 saturated heterocycles. The first-order valence-corrected chi connectivity index (χ1v) is 6.46. The van der Waals surface area contributed by atoms with E-state index in [2.05, 4.69) is 28.9 Å². The van der Waals surface area contributed by atoms with E-state index in [1.54, 1.807) is 6.20 Å². The molecule has 0 bridgehead atoms. The number of nitrogens with zero attached hydrogens (tertiary/aromatic N) is 3. The fourth-order valence-corrected chi connectivity index (χ4v) is 2.56. The summed E-state index contributed by atoms with van der Waals surface area (Å²) in [5, 5.41) is 8.07. The first-order chi connectivity index (χ1) is 8.15. The molecule has 4 nitrogen and oxygen atoms in total. The first kappa shape index (κ1) is 12.3. The molecule has 17 heavy (non-hydrogen) atoms. The second-order valence-corrected chi connectivity index (χ2v) is 5.28. The summed E-state index contributed by atoms with van der Waals surface area (Å²) in [6.45, 7) is 6.94. The van der Waals surface area contributed by atoms with Crippen LogP contribution in [0.3, 0.4) is 0 Å². The quantitative estimate of drug-likeness (QED) is 0.865. The van der Waals surface area contributed by atoms with Gasteiger partial charge in [0, 0.05) is 12.6 Å². The number of rotatable bonds is 3. The number of aromatic nitrogens is 2. The molecule has 0 radical (unpaired) electrons. The van der Waals surface area contributed by atoms with Gasteiger partial charge in [-0.2, -0.15) is 10.2 Å². The van der Waals surface area contributed by atoms with Crippen LogP contribution in [0.4, 0.5) is 5.69 Å². The van der Waals surface area contributed by atoms with Crippen LogP contribution in [-0.4, -0.2) is 34.2 Å². The van der Waals surface area contributed by atoms with Gasteiger partial charge in [0.15, 0.2) is 0 Å². The monoisotopic (exact) mass is 234 g/mol. The lowest BCUT2D eigenvalue weighted by atomic mass is 9.92. The van der Waals surface area contributed by atoms with E-state index in [-0.39, 0.29) is 0 Å². The Kier molecular flexibility index (Phi) is 3.94. The Labute approximate surface area is 103 Å². The van der Waals surface area contributed by atoms with Crippen molar-refractivity contribution in [2.24, 2.45) is 5.92 Å². The van der Waals surface area contributed by atoms with Crippen molar-refractivity contribution >= 4 is 5.69 Å². The molecule has 4 heteroatoms. The smallest absolute Gasteiger partial charge is 0.0726 e. The van der Waals surface area contributed by atoms with Crippen LogP contribution in [0.2, 0.25) is 0 Å². The summed E-state index contributed by atoms with van der Waals surface area (Å²) in [5.41, 5.74) is 7.47. The molecule has 0 amide bonds. The SMILES string of the molecule is CC(C)N1CCCC(Cc2cc(N)cnn2)C1. The van der Waals surface area contributed by atoms with Gasteiger partial charge in [0.05, 0.1) is 17.6 Å². The largest absolute Gasteiger partial charge is 0.397 e. The van der Waals surface area contributed by atoms with Crippen LogP contribution in [-0.2, 0) is 6.42 Å². The highest BCUT2D eigenvalue weighted by Gasteiger charge is 2.22. The molecule has 1 atom stereocenters. The Bertz CT molecular complexity index is 364. The van der Waals surface area contributed by atoms with Crippen LogP contribution in [0, 0.1) is 5.92 Å². The maximum Gasteiger partial charge on any atom is 0.0726 e. The minimum atomic E-state index is 0.643. The highest BCUT2D eigenvalue weighted by Crippen LogP contribution is 2.21. The molecule has 1 aromatic heterocycles. The minimum Gasteiger partial charge on any atom is -0.397 e. The summed E-state index contributed by atoms with van der Waals surface area (Å²) in [5.74, 6) is 0.697. The van der Waals surface area contributed by atoms with E-state index in [0.717, 1.165) is 12.1 Å². The van der Waals surface area contributed by atoms with Crippen LogP contribution >= 0.6 is 0 Å². The molecular weight excluding hydrogens is 212 g/mol. The van der Waals surface area contributed by atoms with Crippen molar-refractivity contribution in [1.29, 1.82) is 0 Å². The topological polar surface area (TPSA) is 55.0 Å². The third kappa shape index (κ3) is 3.40. The van der Waals surface area contributed by atoms with Crippen molar-refractivity contribution in [1.82, 2.24) is 15.1 Å². The average Bonchev–Trinajstić information content (AvgIpc) is 2.29. The maximum atomic E-state index is 5.73. The average molecular weight is 234 g/mol. The van der Waals surface area contributed by atoms with Crippen LogP contribution < -0.4 is 5.73 Å². The zero-order valence-electron chi connectivity index (χ0n) is 10.8. The van der Waals surface area contributed by atoms with Gasteiger partial charge >= 0.3 is 0 Å².